The summed E-state index contributed by atoms with van der Waals surface area (Å²) in [6.45, 7) is 5.17. The number of aromatic amines is 1. The van der Waals surface area contributed by atoms with Crippen LogP contribution in [0.4, 0.5) is 0 Å². The van der Waals surface area contributed by atoms with Crippen molar-refractivity contribution in [3.05, 3.63) is 60.3 Å². The monoisotopic (exact) mass is 440 g/mol. The number of H-pyrrole nitrogens is 1. The molecule has 7 nitrogen and oxygen atoms in total. The molecule has 0 aliphatic carbocycles. The van der Waals surface area contributed by atoms with Crippen LogP contribution in [0.2, 0.25) is 0 Å². The van der Waals surface area contributed by atoms with Gasteiger partial charge in [-0.3, -0.25) is 0 Å². The highest BCUT2D eigenvalue weighted by Gasteiger charge is 2.15. The predicted molar refractivity (Wildman–Crippen MR) is 119 cm³/mol. The molecule has 0 spiro atoms. The van der Waals surface area contributed by atoms with Crippen LogP contribution in [0.5, 0.6) is 17.2 Å². The van der Waals surface area contributed by atoms with Gasteiger partial charge in [-0.15, -0.1) is 0 Å². The van der Waals surface area contributed by atoms with E-state index >= 15 is 0 Å². The van der Waals surface area contributed by atoms with Crippen molar-refractivity contribution in [2.45, 2.75) is 24.8 Å². The van der Waals surface area contributed by atoms with Crippen LogP contribution >= 0.6 is 0 Å². The maximum Gasteiger partial charge on any atom is 0.233 e. The number of aliphatic imine (C=N–C) groups is 1. The van der Waals surface area contributed by atoms with Crippen molar-refractivity contribution in [3.63, 3.8) is 0 Å². The molecule has 0 bridgehead atoms. The maximum atomic E-state index is 11.7. The van der Waals surface area contributed by atoms with E-state index in [-0.39, 0.29) is 11.0 Å². The predicted octanol–water partition coefficient (Wildman–Crippen LogP) is 4.44. The second-order valence-electron chi connectivity index (χ2n) is 7.53. The van der Waals surface area contributed by atoms with E-state index in [0.29, 0.717) is 36.3 Å². The van der Waals surface area contributed by atoms with Gasteiger partial charge in [-0.25, -0.2) is 13.4 Å². The number of nitrogens with one attached hydrogen (secondary N) is 1. The summed E-state index contributed by atoms with van der Waals surface area (Å²) in [6.07, 6.45) is 1.17. The highest BCUT2D eigenvalue weighted by molar-refractivity contribution is 7.90. The SMILES string of the molecule is CC(C)Oc1cc(Oc2ccc(S(C)(=O)=O)cc2)cc(-c2ccc(C3=NCCO3)[nH]2)c1. The van der Waals surface area contributed by atoms with Crippen molar-refractivity contribution < 1.29 is 22.6 Å². The minimum Gasteiger partial charge on any atom is -0.491 e. The van der Waals surface area contributed by atoms with Crippen LogP contribution in [-0.4, -0.2) is 44.8 Å². The average molecular weight is 441 g/mol. The van der Waals surface area contributed by atoms with Crippen molar-refractivity contribution in [2.75, 3.05) is 19.4 Å². The smallest absolute Gasteiger partial charge is 0.233 e. The zero-order valence-electron chi connectivity index (χ0n) is 17.6. The third-order valence-corrected chi connectivity index (χ3v) is 5.68. The van der Waals surface area contributed by atoms with E-state index in [0.717, 1.165) is 17.0 Å². The van der Waals surface area contributed by atoms with E-state index in [2.05, 4.69) is 9.98 Å². The van der Waals surface area contributed by atoms with E-state index in [1.54, 1.807) is 12.1 Å². The highest BCUT2D eigenvalue weighted by Crippen LogP contribution is 2.33. The van der Waals surface area contributed by atoms with E-state index in [9.17, 15) is 8.42 Å². The summed E-state index contributed by atoms with van der Waals surface area (Å²) in [7, 11) is -3.26. The van der Waals surface area contributed by atoms with Gasteiger partial charge in [0.2, 0.25) is 5.90 Å². The second-order valence-corrected chi connectivity index (χ2v) is 9.54. The van der Waals surface area contributed by atoms with Crippen LogP contribution in [0.15, 0.2) is 64.5 Å². The fourth-order valence-electron chi connectivity index (χ4n) is 3.20. The van der Waals surface area contributed by atoms with Gasteiger partial charge in [0.15, 0.2) is 9.84 Å². The first-order valence-corrected chi connectivity index (χ1v) is 11.8. The Morgan fingerprint density at radius 1 is 0.968 bits per heavy atom. The number of benzene rings is 2. The molecule has 1 aromatic heterocycles. The van der Waals surface area contributed by atoms with Crippen molar-refractivity contribution in [1.29, 1.82) is 0 Å². The Kier molecular flexibility index (Phi) is 5.73. The number of rotatable bonds is 7. The topological polar surface area (TPSA) is 90.0 Å². The molecule has 0 fully saturated rings. The largest absolute Gasteiger partial charge is 0.491 e. The second kappa shape index (κ2) is 8.47. The van der Waals surface area contributed by atoms with Gasteiger partial charge in [-0.05, 0) is 62.4 Å². The lowest BCUT2D eigenvalue weighted by Crippen LogP contribution is -2.05. The molecule has 0 radical (unpaired) electrons. The molecule has 0 saturated carbocycles. The summed E-state index contributed by atoms with van der Waals surface area (Å²) in [5.74, 6) is 2.39. The molecule has 1 aliphatic rings. The molecule has 0 amide bonds. The number of sulfone groups is 1. The lowest BCUT2D eigenvalue weighted by Gasteiger charge is -2.14. The van der Waals surface area contributed by atoms with Crippen molar-refractivity contribution >= 4 is 15.7 Å². The van der Waals surface area contributed by atoms with Gasteiger partial charge in [-0.1, -0.05) is 0 Å². The number of hydrogen-bond acceptors (Lipinski definition) is 6. The van der Waals surface area contributed by atoms with Gasteiger partial charge in [0, 0.05) is 23.6 Å². The van der Waals surface area contributed by atoms with Crippen LogP contribution in [0.25, 0.3) is 11.3 Å². The first-order valence-electron chi connectivity index (χ1n) is 9.95. The molecule has 0 atom stereocenters. The van der Waals surface area contributed by atoms with Crippen LogP contribution in [-0.2, 0) is 14.6 Å². The zero-order chi connectivity index (χ0) is 22.0. The first kappa shape index (κ1) is 21.0. The average Bonchev–Trinajstić information content (AvgIpc) is 3.39. The van der Waals surface area contributed by atoms with E-state index in [1.807, 2.05) is 44.2 Å². The molecular formula is C23H24N2O5S. The molecular weight excluding hydrogens is 416 g/mol. The first-order chi connectivity index (χ1) is 14.8. The molecule has 162 valence electrons. The summed E-state index contributed by atoms with van der Waals surface area (Å²) >= 11 is 0. The van der Waals surface area contributed by atoms with Crippen LogP contribution in [0, 0.1) is 0 Å². The summed E-state index contributed by atoms with van der Waals surface area (Å²) < 4.78 is 40.8. The summed E-state index contributed by atoms with van der Waals surface area (Å²) in [6, 6.07) is 15.8. The van der Waals surface area contributed by atoms with Gasteiger partial charge >= 0.3 is 0 Å². The Labute approximate surface area is 181 Å². The lowest BCUT2D eigenvalue weighted by molar-refractivity contribution is 0.241. The van der Waals surface area contributed by atoms with Gasteiger partial charge < -0.3 is 19.2 Å². The number of ether oxygens (including phenoxy) is 3. The normalized spacial score (nSPS) is 13.7. The Morgan fingerprint density at radius 3 is 2.32 bits per heavy atom. The van der Waals surface area contributed by atoms with Crippen LogP contribution in [0.3, 0.4) is 0 Å². The van der Waals surface area contributed by atoms with Gasteiger partial charge in [0.1, 0.15) is 29.5 Å². The Balaban J connectivity index is 1.64. The molecule has 8 heteroatoms. The summed E-state index contributed by atoms with van der Waals surface area (Å²) in [4.78, 5) is 7.92. The summed E-state index contributed by atoms with van der Waals surface area (Å²) in [5.41, 5.74) is 2.58. The maximum absolute atomic E-state index is 11.7. The molecule has 2 heterocycles. The molecule has 31 heavy (non-hydrogen) atoms. The third kappa shape index (κ3) is 5.08. The molecule has 0 saturated heterocycles. The fourth-order valence-corrected chi connectivity index (χ4v) is 3.83. The molecule has 3 aromatic rings. The number of aromatic nitrogens is 1. The van der Waals surface area contributed by atoms with Crippen molar-refractivity contribution in [1.82, 2.24) is 4.98 Å². The Hall–Kier alpha value is -3.26. The van der Waals surface area contributed by atoms with Gasteiger partial charge in [0.25, 0.3) is 0 Å². The van der Waals surface area contributed by atoms with E-state index < -0.39 is 9.84 Å². The van der Waals surface area contributed by atoms with Crippen molar-refractivity contribution in [2.24, 2.45) is 4.99 Å². The van der Waals surface area contributed by atoms with E-state index in [1.165, 1.54) is 18.4 Å². The molecule has 0 unspecified atom stereocenters. The quantitative estimate of drug-likeness (QED) is 0.587. The van der Waals surface area contributed by atoms with Crippen LogP contribution in [0.1, 0.15) is 19.5 Å². The highest BCUT2D eigenvalue weighted by atomic mass is 32.2. The van der Waals surface area contributed by atoms with Gasteiger partial charge in [-0.2, -0.15) is 0 Å². The molecule has 2 aromatic carbocycles. The molecule has 1 N–H and O–H groups in total. The standard InChI is InChI=1S/C23H24N2O5S/c1-15(2)29-18-12-16(21-8-9-22(25-21)23-24-10-11-28-23)13-19(14-18)30-17-4-6-20(7-5-17)31(3,26)27/h4-9,12-15,25H,10-11H2,1-3H3. The number of hydrogen-bond donors (Lipinski definition) is 1. The molecule has 1 aliphatic heterocycles. The minimum atomic E-state index is -3.26. The molecule has 4 rings (SSSR count). The minimum absolute atomic E-state index is 0.00223. The van der Waals surface area contributed by atoms with Crippen LogP contribution < -0.4 is 9.47 Å². The van der Waals surface area contributed by atoms with Gasteiger partial charge in [0.05, 0.1) is 17.5 Å². The van der Waals surface area contributed by atoms with E-state index in [4.69, 9.17) is 14.2 Å². The Bertz CT molecular complexity index is 1210. The summed E-state index contributed by atoms with van der Waals surface area (Å²) in [5, 5.41) is 0. The zero-order valence-corrected chi connectivity index (χ0v) is 18.4. The van der Waals surface area contributed by atoms with Crippen molar-refractivity contribution in [3.8, 4) is 28.5 Å². The fraction of sp³-hybridized carbons (Fsp3) is 0.261. The third-order valence-electron chi connectivity index (χ3n) is 4.55. The lowest BCUT2D eigenvalue weighted by atomic mass is 10.1. The number of nitrogens with zero attached hydrogens (tertiary/aromatic N) is 1. The Morgan fingerprint density at radius 2 is 1.68 bits per heavy atom.